The SMILES string of the molecule is CCOC(=O)CCC[C@@H](C)[C@H]1CC[C@H]2[C@@H]3[C@H](O)C[C@@H]4C[C@H](O)CC[C@]4(C)[C@H]3C[C@H](O)[C@]12C. The summed E-state index contributed by atoms with van der Waals surface area (Å²) in [6.45, 7) is 9.25. The number of ether oxygens (including phenoxy) is 1. The lowest BCUT2D eigenvalue weighted by atomic mass is 9.43. The highest BCUT2D eigenvalue weighted by Gasteiger charge is 2.65. The average Bonchev–Trinajstić information content (AvgIpc) is 3.09. The molecule has 11 atom stereocenters. The van der Waals surface area contributed by atoms with Gasteiger partial charge in [-0.2, -0.15) is 0 Å². The summed E-state index contributed by atoms with van der Waals surface area (Å²) in [4.78, 5) is 11.7. The second-order valence-electron chi connectivity index (χ2n) is 12.2. The van der Waals surface area contributed by atoms with Crippen LogP contribution in [-0.4, -0.2) is 46.2 Å². The monoisotopic (exact) mass is 450 g/mol. The first-order valence-electron chi connectivity index (χ1n) is 13.3. The predicted molar refractivity (Wildman–Crippen MR) is 124 cm³/mol. The summed E-state index contributed by atoms with van der Waals surface area (Å²) in [6, 6.07) is 0. The Kier molecular flexibility index (Phi) is 7.03. The largest absolute Gasteiger partial charge is 0.466 e. The maximum Gasteiger partial charge on any atom is 0.305 e. The first-order chi connectivity index (χ1) is 15.1. The van der Waals surface area contributed by atoms with Crippen molar-refractivity contribution in [2.24, 2.45) is 46.3 Å². The second-order valence-corrected chi connectivity index (χ2v) is 12.2. The highest BCUT2D eigenvalue weighted by Crippen LogP contribution is 2.68. The van der Waals surface area contributed by atoms with Crippen LogP contribution in [0.25, 0.3) is 0 Å². The van der Waals surface area contributed by atoms with Crippen molar-refractivity contribution in [1.29, 1.82) is 0 Å². The highest BCUT2D eigenvalue weighted by molar-refractivity contribution is 5.69. The van der Waals surface area contributed by atoms with Crippen molar-refractivity contribution in [2.75, 3.05) is 6.61 Å². The molecule has 0 aromatic rings. The summed E-state index contributed by atoms with van der Waals surface area (Å²) < 4.78 is 5.08. The van der Waals surface area contributed by atoms with Crippen molar-refractivity contribution in [3.05, 3.63) is 0 Å². The van der Waals surface area contributed by atoms with Crippen LogP contribution in [0.15, 0.2) is 0 Å². The van der Waals surface area contributed by atoms with E-state index in [1.54, 1.807) is 0 Å². The smallest absolute Gasteiger partial charge is 0.305 e. The van der Waals surface area contributed by atoms with Gasteiger partial charge < -0.3 is 20.1 Å². The Morgan fingerprint density at radius 3 is 2.53 bits per heavy atom. The van der Waals surface area contributed by atoms with Gasteiger partial charge in [-0.1, -0.05) is 20.8 Å². The van der Waals surface area contributed by atoms with Crippen LogP contribution in [0.1, 0.15) is 91.9 Å². The van der Waals surface area contributed by atoms with E-state index in [9.17, 15) is 20.1 Å². The fourth-order valence-electron chi connectivity index (χ4n) is 9.13. The lowest BCUT2D eigenvalue weighted by Gasteiger charge is -2.63. The standard InChI is InChI=1S/C27H46O5/c1-5-32-24(31)8-6-7-16(2)19-9-10-20-25-21(15-23(30)27(19,20)4)26(3)12-11-18(28)13-17(26)14-22(25)29/h16-23,25,28-30H,5-15H2,1-4H3/t16-,17+,18-,19-,20+,21+,22-,23+,25+,26+,27-/m1/s1. The van der Waals surface area contributed by atoms with E-state index in [2.05, 4.69) is 20.8 Å². The van der Waals surface area contributed by atoms with Gasteiger partial charge in [0.1, 0.15) is 0 Å². The average molecular weight is 451 g/mol. The van der Waals surface area contributed by atoms with Crippen LogP contribution < -0.4 is 0 Å². The fraction of sp³-hybridized carbons (Fsp3) is 0.963. The van der Waals surface area contributed by atoms with Crippen molar-refractivity contribution in [3.8, 4) is 0 Å². The van der Waals surface area contributed by atoms with Gasteiger partial charge in [-0.3, -0.25) is 4.79 Å². The third-order valence-electron chi connectivity index (χ3n) is 10.9. The third-order valence-corrected chi connectivity index (χ3v) is 10.9. The van der Waals surface area contributed by atoms with Crippen LogP contribution in [-0.2, 0) is 9.53 Å². The van der Waals surface area contributed by atoms with Gasteiger partial charge in [0.2, 0.25) is 0 Å². The molecular weight excluding hydrogens is 404 g/mol. The van der Waals surface area contributed by atoms with Gasteiger partial charge in [0.05, 0.1) is 24.9 Å². The molecule has 0 unspecified atom stereocenters. The number of carbonyl (C=O) groups excluding carboxylic acids is 1. The van der Waals surface area contributed by atoms with E-state index < -0.39 is 0 Å². The van der Waals surface area contributed by atoms with Crippen LogP contribution in [0.3, 0.4) is 0 Å². The Balaban J connectivity index is 1.50. The Morgan fingerprint density at radius 2 is 1.81 bits per heavy atom. The first-order valence-corrected chi connectivity index (χ1v) is 13.3. The third kappa shape index (κ3) is 3.94. The van der Waals surface area contributed by atoms with Gasteiger partial charge in [0, 0.05) is 6.42 Å². The molecule has 0 spiro atoms. The number of carbonyl (C=O) groups is 1. The highest BCUT2D eigenvalue weighted by atomic mass is 16.5. The molecule has 32 heavy (non-hydrogen) atoms. The summed E-state index contributed by atoms with van der Waals surface area (Å²) in [5.74, 6) is 2.08. The van der Waals surface area contributed by atoms with Gasteiger partial charge in [-0.15, -0.1) is 0 Å². The fourth-order valence-corrected chi connectivity index (χ4v) is 9.13. The van der Waals surface area contributed by atoms with E-state index in [4.69, 9.17) is 4.74 Å². The summed E-state index contributed by atoms with van der Waals surface area (Å²) >= 11 is 0. The van der Waals surface area contributed by atoms with E-state index >= 15 is 0 Å². The van der Waals surface area contributed by atoms with Crippen LogP contribution >= 0.6 is 0 Å². The van der Waals surface area contributed by atoms with Crippen LogP contribution in [0, 0.1) is 46.3 Å². The van der Waals surface area contributed by atoms with Crippen molar-refractivity contribution in [2.45, 2.75) is 110 Å². The molecule has 184 valence electrons. The Hall–Kier alpha value is -0.650. The van der Waals surface area contributed by atoms with Crippen molar-refractivity contribution < 1.29 is 24.9 Å². The second kappa shape index (κ2) is 9.19. The predicted octanol–water partition coefficient (Wildman–Crippen LogP) is 4.32. The molecule has 5 heteroatoms. The van der Waals surface area contributed by atoms with E-state index in [1.165, 1.54) is 0 Å². The molecule has 4 aliphatic carbocycles. The quantitative estimate of drug-likeness (QED) is 0.525. The molecule has 0 aliphatic heterocycles. The van der Waals surface area contributed by atoms with E-state index in [1.807, 2.05) is 6.92 Å². The van der Waals surface area contributed by atoms with Crippen molar-refractivity contribution in [3.63, 3.8) is 0 Å². The lowest BCUT2D eigenvalue weighted by molar-refractivity contribution is -0.207. The summed E-state index contributed by atoms with van der Waals surface area (Å²) in [5.41, 5.74) is -0.0440. The summed E-state index contributed by atoms with van der Waals surface area (Å²) in [6.07, 6.45) is 7.83. The Morgan fingerprint density at radius 1 is 1.06 bits per heavy atom. The van der Waals surface area contributed by atoms with Crippen LogP contribution in [0.5, 0.6) is 0 Å². The number of hydrogen-bond donors (Lipinski definition) is 3. The number of aliphatic hydroxyl groups is 3. The van der Waals surface area contributed by atoms with Gasteiger partial charge in [0.15, 0.2) is 0 Å². The van der Waals surface area contributed by atoms with E-state index in [-0.39, 0.29) is 41.0 Å². The van der Waals surface area contributed by atoms with Crippen LogP contribution in [0.4, 0.5) is 0 Å². The number of aliphatic hydroxyl groups excluding tert-OH is 3. The molecule has 0 heterocycles. The number of esters is 1. The molecule has 4 saturated carbocycles. The number of hydrogen-bond acceptors (Lipinski definition) is 5. The summed E-state index contributed by atoms with van der Waals surface area (Å²) in [7, 11) is 0. The number of rotatable bonds is 6. The molecule has 0 aromatic carbocycles. The topological polar surface area (TPSA) is 87.0 Å². The minimum absolute atomic E-state index is 0.110. The molecular formula is C27H46O5. The molecule has 3 N–H and O–H groups in total. The maximum atomic E-state index is 11.7. The van der Waals surface area contributed by atoms with Crippen LogP contribution in [0.2, 0.25) is 0 Å². The molecule has 0 amide bonds. The van der Waals surface area contributed by atoms with Crippen molar-refractivity contribution in [1.82, 2.24) is 0 Å². The minimum atomic E-state index is -0.344. The van der Waals surface area contributed by atoms with E-state index in [0.717, 1.165) is 57.8 Å². The zero-order valence-corrected chi connectivity index (χ0v) is 20.6. The summed E-state index contributed by atoms with van der Waals surface area (Å²) in [5, 5.41) is 33.2. The Labute approximate surface area is 194 Å². The molecule has 5 nitrogen and oxygen atoms in total. The zero-order valence-electron chi connectivity index (χ0n) is 20.6. The normalized spacial score (nSPS) is 49.0. The zero-order chi connectivity index (χ0) is 23.3. The molecule has 4 rings (SSSR count). The molecule has 0 radical (unpaired) electrons. The van der Waals surface area contributed by atoms with Gasteiger partial charge in [-0.25, -0.2) is 0 Å². The minimum Gasteiger partial charge on any atom is -0.466 e. The van der Waals surface area contributed by atoms with Crippen molar-refractivity contribution >= 4 is 5.97 Å². The van der Waals surface area contributed by atoms with Gasteiger partial charge >= 0.3 is 5.97 Å². The molecule has 4 aliphatic rings. The van der Waals surface area contributed by atoms with Gasteiger partial charge in [-0.05, 0) is 111 Å². The molecule has 4 fully saturated rings. The molecule has 0 saturated heterocycles. The molecule has 0 bridgehead atoms. The molecule has 0 aromatic heterocycles. The maximum absolute atomic E-state index is 11.7. The lowest BCUT2D eigenvalue weighted by Crippen LogP contribution is -2.62. The number of fused-ring (bicyclic) bond motifs is 5. The Bertz CT molecular complexity index is 681. The van der Waals surface area contributed by atoms with E-state index in [0.29, 0.717) is 42.6 Å². The van der Waals surface area contributed by atoms with Gasteiger partial charge in [0.25, 0.3) is 0 Å². The first kappa shape index (κ1) is 24.5.